The third-order valence-corrected chi connectivity index (χ3v) is 3.75. The van der Waals surface area contributed by atoms with Crippen LogP contribution < -0.4 is 5.73 Å². The molecule has 3 N–H and O–H groups in total. The zero-order valence-electron chi connectivity index (χ0n) is 12.1. The number of nitrogens with two attached hydrogens (primary N) is 1. The second-order valence-electron chi connectivity index (χ2n) is 6.35. The quantitative estimate of drug-likeness (QED) is 0.798. The van der Waals surface area contributed by atoms with Gasteiger partial charge in [-0.05, 0) is 46.0 Å². The number of amides is 1. The van der Waals surface area contributed by atoms with Crippen molar-refractivity contribution in [2.24, 2.45) is 17.6 Å². The van der Waals surface area contributed by atoms with Crippen LogP contribution in [0.1, 0.15) is 47.0 Å². The van der Waals surface area contributed by atoms with Crippen molar-refractivity contribution in [2.45, 2.75) is 58.6 Å². The molecule has 4 nitrogen and oxygen atoms in total. The highest BCUT2D eigenvalue weighted by Gasteiger charge is 2.35. The van der Waals surface area contributed by atoms with Gasteiger partial charge in [-0.25, -0.2) is 0 Å². The SMILES string of the molecule is CCN(CC(C)(C)O)C(=O)C1CC(C)CCC1N. The molecule has 0 aliphatic heterocycles. The summed E-state index contributed by atoms with van der Waals surface area (Å²) in [6.45, 7) is 8.58. The lowest BCUT2D eigenvalue weighted by Crippen LogP contribution is -2.50. The highest BCUT2D eigenvalue weighted by molar-refractivity contribution is 5.79. The molecule has 4 heteroatoms. The Kier molecular flexibility index (Phi) is 5.17. The molecule has 0 spiro atoms. The molecule has 3 atom stereocenters. The molecule has 0 aromatic rings. The number of nitrogens with zero attached hydrogens (tertiary/aromatic N) is 1. The van der Waals surface area contributed by atoms with Crippen LogP contribution in [0, 0.1) is 11.8 Å². The number of carbonyl (C=O) groups is 1. The van der Waals surface area contributed by atoms with Crippen molar-refractivity contribution < 1.29 is 9.90 Å². The van der Waals surface area contributed by atoms with E-state index in [0.29, 0.717) is 19.0 Å². The molecule has 0 radical (unpaired) electrons. The van der Waals surface area contributed by atoms with Gasteiger partial charge in [-0.3, -0.25) is 4.79 Å². The zero-order valence-corrected chi connectivity index (χ0v) is 12.1. The smallest absolute Gasteiger partial charge is 0.227 e. The van der Waals surface area contributed by atoms with Crippen LogP contribution in [0.4, 0.5) is 0 Å². The predicted octanol–water partition coefficient (Wildman–Crippen LogP) is 1.37. The van der Waals surface area contributed by atoms with Crippen molar-refractivity contribution in [3.05, 3.63) is 0 Å². The van der Waals surface area contributed by atoms with E-state index in [-0.39, 0.29) is 17.9 Å². The number of likely N-dealkylation sites (N-methyl/N-ethyl adjacent to an activating group) is 1. The maximum absolute atomic E-state index is 12.5. The average molecular weight is 256 g/mol. The molecule has 0 aromatic heterocycles. The molecule has 1 saturated carbocycles. The lowest BCUT2D eigenvalue weighted by molar-refractivity contribution is -0.140. The zero-order chi connectivity index (χ0) is 13.9. The molecule has 3 unspecified atom stereocenters. The summed E-state index contributed by atoms with van der Waals surface area (Å²) >= 11 is 0. The Morgan fingerprint density at radius 2 is 2.06 bits per heavy atom. The number of hydrogen-bond acceptors (Lipinski definition) is 3. The van der Waals surface area contributed by atoms with E-state index in [4.69, 9.17) is 5.73 Å². The van der Waals surface area contributed by atoms with Crippen LogP contribution in [0.15, 0.2) is 0 Å². The summed E-state index contributed by atoms with van der Waals surface area (Å²) in [6.07, 6.45) is 2.92. The molecular formula is C14H28N2O2. The summed E-state index contributed by atoms with van der Waals surface area (Å²) in [6, 6.07) is -0.0236. The normalized spacial score (nSPS) is 29.1. The van der Waals surface area contributed by atoms with Gasteiger partial charge < -0.3 is 15.7 Å². The number of carbonyl (C=O) groups excluding carboxylic acids is 1. The largest absolute Gasteiger partial charge is 0.389 e. The minimum atomic E-state index is -0.851. The van der Waals surface area contributed by atoms with Crippen LogP contribution in [-0.2, 0) is 4.79 Å². The minimum absolute atomic E-state index is 0.0236. The summed E-state index contributed by atoms with van der Waals surface area (Å²) in [5.41, 5.74) is 5.24. The Balaban J connectivity index is 2.70. The first kappa shape index (κ1) is 15.4. The Morgan fingerprint density at radius 1 is 1.44 bits per heavy atom. The van der Waals surface area contributed by atoms with Gasteiger partial charge in [0.2, 0.25) is 5.91 Å². The van der Waals surface area contributed by atoms with Crippen molar-refractivity contribution >= 4 is 5.91 Å². The van der Waals surface area contributed by atoms with Crippen LogP contribution in [0.25, 0.3) is 0 Å². The van der Waals surface area contributed by atoms with Gasteiger partial charge in [0.1, 0.15) is 0 Å². The van der Waals surface area contributed by atoms with E-state index in [9.17, 15) is 9.90 Å². The molecule has 1 fully saturated rings. The molecular weight excluding hydrogens is 228 g/mol. The van der Waals surface area contributed by atoms with Gasteiger partial charge in [-0.15, -0.1) is 0 Å². The minimum Gasteiger partial charge on any atom is -0.389 e. The van der Waals surface area contributed by atoms with E-state index in [1.165, 1.54) is 0 Å². The first-order chi connectivity index (χ1) is 8.24. The summed E-state index contributed by atoms with van der Waals surface area (Å²) in [5.74, 6) is 0.606. The molecule has 0 bridgehead atoms. The van der Waals surface area contributed by atoms with Crippen molar-refractivity contribution in [2.75, 3.05) is 13.1 Å². The second kappa shape index (κ2) is 6.02. The maximum Gasteiger partial charge on any atom is 0.227 e. The molecule has 18 heavy (non-hydrogen) atoms. The van der Waals surface area contributed by atoms with E-state index >= 15 is 0 Å². The first-order valence-corrected chi connectivity index (χ1v) is 7.01. The molecule has 1 amide bonds. The maximum atomic E-state index is 12.5. The van der Waals surface area contributed by atoms with E-state index in [2.05, 4.69) is 6.92 Å². The van der Waals surface area contributed by atoms with Crippen molar-refractivity contribution in [1.82, 2.24) is 4.90 Å². The van der Waals surface area contributed by atoms with Crippen LogP contribution in [-0.4, -0.2) is 40.6 Å². The Hall–Kier alpha value is -0.610. The third-order valence-electron chi connectivity index (χ3n) is 3.75. The average Bonchev–Trinajstić information content (AvgIpc) is 2.27. The van der Waals surface area contributed by atoms with Crippen molar-refractivity contribution in [3.8, 4) is 0 Å². The van der Waals surface area contributed by atoms with E-state index in [1.54, 1.807) is 18.7 Å². The molecule has 0 saturated heterocycles. The Morgan fingerprint density at radius 3 is 2.56 bits per heavy atom. The summed E-state index contributed by atoms with van der Waals surface area (Å²) in [5, 5.41) is 9.86. The van der Waals surface area contributed by atoms with E-state index < -0.39 is 5.60 Å². The first-order valence-electron chi connectivity index (χ1n) is 7.01. The van der Waals surface area contributed by atoms with E-state index in [1.807, 2.05) is 6.92 Å². The standard InChI is InChI=1S/C14H28N2O2/c1-5-16(9-14(3,4)18)13(17)11-8-10(2)6-7-12(11)15/h10-12,18H,5-9,15H2,1-4H3. The summed E-state index contributed by atoms with van der Waals surface area (Å²) in [4.78, 5) is 14.2. The number of hydrogen-bond donors (Lipinski definition) is 2. The lowest BCUT2D eigenvalue weighted by atomic mass is 9.78. The van der Waals surface area contributed by atoms with Gasteiger partial charge in [0.15, 0.2) is 0 Å². The van der Waals surface area contributed by atoms with Gasteiger partial charge in [0.25, 0.3) is 0 Å². The highest BCUT2D eigenvalue weighted by Crippen LogP contribution is 2.29. The molecule has 1 rings (SSSR count). The fourth-order valence-corrected chi connectivity index (χ4v) is 2.74. The van der Waals surface area contributed by atoms with Crippen LogP contribution in [0.2, 0.25) is 0 Å². The van der Waals surface area contributed by atoms with Gasteiger partial charge in [-0.1, -0.05) is 6.92 Å². The van der Waals surface area contributed by atoms with Crippen LogP contribution >= 0.6 is 0 Å². The van der Waals surface area contributed by atoms with Crippen LogP contribution in [0.3, 0.4) is 0 Å². The number of rotatable bonds is 4. The Labute approximate surface area is 111 Å². The fourth-order valence-electron chi connectivity index (χ4n) is 2.74. The molecule has 1 aliphatic carbocycles. The van der Waals surface area contributed by atoms with E-state index in [0.717, 1.165) is 19.3 Å². The fraction of sp³-hybridized carbons (Fsp3) is 0.929. The monoisotopic (exact) mass is 256 g/mol. The second-order valence-corrected chi connectivity index (χ2v) is 6.35. The lowest BCUT2D eigenvalue weighted by Gasteiger charge is -2.36. The highest BCUT2D eigenvalue weighted by atomic mass is 16.3. The van der Waals surface area contributed by atoms with Crippen molar-refractivity contribution in [3.63, 3.8) is 0 Å². The topological polar surface area (TPSA) is 66.6 Å². The predicted molar refractivity (Wildman–Crippen MR) is 73.0 cm³/mol. The van der Waals surface area contributed by atoms with Gasteiger partial charge >= 0.3 is 0 Å². The molecule has 106 valence electrons. The number of aliphatic hydroxyl groups is 1. The van der Waals surface area contributed by atoms with Gasteiger partial charge in [-0.2, -0.15) is 0 Å². The Bertz CT molecular complexity index is 286. The molecule has 0 aromatic carbocycles. The third kappa shape index (κ3) is 4.25. The van der Waals surface area contributed by atoms with Crippen LogP contribution in [0.5, 0.6) is 0 Å². The van der Waals surface area contributed by atoms with Gasteiger partial charge in [0, 0.05) is 19.1 Å². The summed E-state index contributed by atoms with van der Waals surface area (Å²) < 4.78 is 0. The summed E-state index contributed by atoms with van der Waals surface area (Å²) in [7, 11) is 0. The van der Waals surface area contributed by atoms with Crippen molar-refractivity contribution in [1.29, 1.82) is 0 Å². The molecule has 0 heterocycles. The molecule has 1 aliphatic rings. The van der Waals surface area contributed by atoms with Gasteiger partial charge in [0.05, 0.1) is 11.5 Å².